The van der Waals surface area contributed by atoms with Crippen LogP contribution in [0.1, 0.15) is 19.3 Å². The summed E-state index contributed by atoms with van der Waals surface area (Å²) in [6, 6.07) is 4.15. The van der Waals surface area contributed by atoms with E-state index in [4.69, 9.17) is 5.73 Å². The van der Waals surface area contributed by atoms with Crippen LogP contribution in [0.15, 0.2) is 18.2 Å². The third kappa shape index (κ3) is 3.92. The molecule has 0 aromatic heterocycles. The summed E-state index contributed by atoms with van der Waals surface area (Å²) in [5.41, 5.74) is 6.14. The summed E-state index contributed by atoms with van der Waals surface area (Å²) in [5, 5.41) is 2.56. The number of anilines is 2. The average Bonchev–Trinajstić information content (AvgIpc) is 2.28. The van der Waals surface area contributed by atoms with Gasteiger partial charge in [-0.15, -0.1) is 0 Å². The van der Waals surface area contributed by atoms with Crippen molar-refractivity contribution in [1.82, 2.24) is 4.90 Å². The molecular formula is C14H20FN3O. The van der Waals surface area contributed by atoms with Crippen LogP contribution in [0.3, 0.4) is 0 Å². The second kappa shape index (κ2) is 6.02. The standard InChI is InChI=1S/C14H20FN3O/c1-18(8-10-3-2-4-10)9-14(19)17-13-7-11(16)5-6-12(13)15/h5-7,10H,2-4,8-9,16H2,1H3,(H,17,19). The molecule has 1 amide bonds. The molecule has 3 N–H and O–H groups in total. The van der Waals surface area contributed by atoms with E-state index in [0.717, 1.165) is 6.54 Å². The predicted octanol–water partition coefficient (Wildman–Crippen LogP) is 2.08. The van der Waals surface area contributed by atoms with Gasteiger partial charge in [-0.05, 0) is 44.0 Å². The van der Waals surface area contributed by atoms with E-state index in [1.54, 1.807) is 0 Å². The van der Waals surface area contributed by atoms with E-state index < -0.39 is 5.82 Å². The molecule has 0 saturated heterocycles. The van der Waals surface area contributed by atoms with Crippen molar-refractivity contribution in [3.63, 3.8) is 0 Å². The minimum Gasteiger partial charge on any atom is -0.399 e. The van der Waals surface area contributed by atoms with Crippen LogP contribution in [0.5, 0.6) is 0 Å². The van der Waals surface area contributed by atoms with E-state index in [1.807, 2.05) is 11.9 Å². The molecule has 0 radical (unpaired) electrons. The highest BCUT2D eigenvalue weighted by Gasteiger charge is 2.20. The van der Waals surface area contributed by atoms with Gasteiger partial charge in [0.25, 0.3) is 0 Å². The first-order chi connectivity index (χ1) is 9.04. The van der Waals surface area contributed by atoms with Crippen molar-refractivity contribution >= 4 is 17.3 Å². The van der Waals surface area contributed by atoms with Crippen molar-refractivity contribution in [3.8, 4) is 0 Å². The first kappa shape index (κ1) is 13.8. The van der Waals surface area contributed by atoms with Crippen LogP contribution in [0.25, 0.3) is 0 Å². The van der Waals surface area contributed by atoms with Crippen molar-refractivity contribution in [2.75, 3.05) is 31.2 Å². The molecule has 1 fully saturated rings. The molecule has 19 heavy (non-hydrogen) atoms. The van der Waals surface area contributed by atoms with Crippen molar-refractivity contribution in [3.05, 3.63) is 24.0 Å². The summed E-state index contributed by atoms with van der Waals surface area (Å²) in [6.45, 7) is 1.19. The summed E-state index contributed by atoms with van der Waals surface area (Å²) in [5.74, 6) is 0.0254. The Balaban J connectivity index is 1.84. The molecule has 2 rings (SSSR count). The molecule has 5 heteroatoms. The number of amides is 1. The van der Waals surface area contributed by atoms with Crippen molar-refractivity contribution in [2.24, 2.45) is 5.92 Å². The van der Waals surface area contributed by atoms with Gasteiger partial charge in [0, 0.05) is 12.2 Å². The molecule has 1 saturated carbocycles. The van der Waals surface area contributed by atoms with Gasteiger partial charge in [-0.3, -0.25) is 9.69 Å². The molecule has 0 heterocycles. The molecule has 0 bridgehead atoms. The molecule has 1 aromatic rings. The monoisotopic (exact) mass is 265 g/mol. The van der Waals surface area contributed by atoms with Crippen LogP contribution in [0, 0.1) is 11.7 Å². The number of likely N-dealkylation sites (N-methyl/N-ethyl adjacent to an activating group) is 1. The molecule has 1 aromatic carbocycles. The highest BCUT2D eigenvalue weighted by atomic mass is 19.1. The van der Waals surface area contributed by atoms with E-state index in [2.05, 4.69) is 5.32 Å². The third-order valence-corrected chi connectivity index (χ3v) is 3.47. The van der Waals surface area contributed by atoms with Crippen molar-refractivity contribution < 1.29 is 9.18 Å². The Bertz CT molecular complexity index is 460. The smallest absolute Gasteiger partial charge is 0.238 e. The maximum atomic E-state index is 13.5. The molecule has 1 aliphatic carbocycles. The summed E-state index contributed by atoms with van der Waals surface area (Å²) < 4.78 is 13.5. The molecule has 0 spiro atoms. The second-order valence-corrected chi connectivity index (χ2v) is 5.28. The number of nitrogens with zero attached hydrogens (tertiary/aromatic N) is 1. The molecular weight excluding hydrogens is 245 g/mol. The number of carbonyl (C=O) groups excluding carboxylic acids is 1. The number of nitrogen functional groups attached to an aromatic ring is 1. The zero-order valence-electron chi connectivity index (χ0n) is 11.2. The van der Waals surface area contributed by atoms with E-state index in [-0.39, 0.29) is 18.1 Å². The van der Waals surface area contributed by atoms with Crippen molar-refractivity contribution in [2.45, 2.75) is 19.3 Å². The lowest BCUT2D eigenvalue weighted by Crippen LogP contribution is -2.35. The van der Waals surface area contributed by atoms with Gasteiger partial charge in [0.05, 0.1) is 12.2 Å². The summed E-state index contributed by atoms with van der Waals surface area (Å²) in [4.78, 5) is 13.8. The first-order valence-corrected chi connectivity index (χ1v) is 6.58. The minimum atomic E-state index is -0.468. The molecule has 0 unspecified atom stereocenters. The third-order valence-electron chi connectivity index (χ3n) is 3.47. The number of rotatable bonds is 5. The van der Waals surface area contributed by atoms with Gasteiger partial charge in [0.15, 0.2) is 0 Å². The number of benzene rings is 1. The maximum Gasteiger partial charge on any atom is 0.238 e. The number of halogens is 1. The van der Waals surface area contributed by atoms with Gasteiger partial charge in [0.1, 0.15) is 5.82 Å². The topological polar surface area (TPSA) is 58.4 Å². The van der Waals surface area contributed by atoms with Crippen molar-refractivity contribution in [1.29, 1.82) is 0 Å². The van der Waals surface area contributed by atoms with E-state index in [1.165, 1.54) is 37.5 Å². The lowest BCUT2D eigenvalue weighted by atomic mass is 9.85. The Labute approximate surface area is 112 Å². The van der Waals surface area contributed by atoms with E-state index in [9.17, 15) is 9.18 Å². The van der Waals surface area contributed by atoms with Gasteiger partial charge < -0.3 is 11.1 Å². The lowest BCUT2D eigenvalue weighted by molar-refractivity contribution is -0.117. The molecule has 4 nitrogen and oxygen atoms in total. The predicted molar refractivity (Wildman–Crippen MR) is 74.3 cm³/mol. The zero-order valence-corrected chi connectivity index (χ0v) is 11.2. The van der Waals surface area contributed by atoms with Crippen LogP contribution < -0.4 is 11.1 Å². The Kier molecular flexibility index (Phi) is 4.37. The highest BCUT2D eigenvalue weighted by Crippen LogP contribution is 2.26. The van der Waals surface area contributed by atoms with E-state index >= 15 is 0 Å². The molecule has 0 atom stereocenters. The minimum absolute atomic E-state index is 0.141. The normalized spacial score (nSPS) is 15.3. The van der Waals surface area contributed by atoms with Crippen LogP contribution in [-0.4, -0.2) is 30.9 Å². The number of carbonyl (C=O) groups is 1. The number of hydrogen-bond donors (Lipinski definition) is 2. The molecule has 104 valence electrons. The Morgan fingerprint density at radius 2 is 2.26 bits per heavy atom. The van der Waals surface area contributed by atoms with Gasteiger partial charge in [-0.25, -0.2) is 4.39 Å². The second-order valence-electron chi connectivity index (χ2n) is 5.28. The maximum absolute atomic E-state index is 13.5. The number of nitrogens with one attached hydrogen (secondary N) is 1. The Hall–Kier alpha value is -1.62. The number of hydrogen-bond acceptors (Lipinski definition) is 3. The number of nitrogens with two attached hydrogens (primary N) is 1. The van der Waals surface area contributed by atoms with Crippen LogP contribution in [-0.2, 0) is 4.79 Å². The summed E-state index contributed by atoms with van der Waals surface area (Å²) >= 11 is 0. The largest absolute Gasteiger partial charge is 0.399 e. The van der Waals surface area contributed by atoms with E-state index in [0.29, 0.717) is 11.6 Å². The van der Waals surface area contributed by atoms with Crippen LogP contribution in [0.4, 0.5) is 15.8 Å². The fraction of sp³-hybridized carbons (Fsp3) is 0.500. The quantitative estimate of drug-likeness (QED) is 0.801. The fourth-order valence-corrected chi connectivity index (χ4v) is 2.25. The Morgan fingerprint density at radius 1 is 1.53 bits per heavy atom. The SMILES string of the molecule is CN(CC(=O)Nc1cc(N)ccc1F)CC1CCC1. The summed E-state index contributed by atoms with van der Waals surface area (Å²) in [7, 11) is 1.91. The highest BCUT2D eigenvalue weighted by molar-refractivity contribution is 5.92. The van der Waals surface area contributed by atoms with Crippen LogP contribution >= 0.6 is 0 Å². The first-order valence-electron chi connectivity index (χ1n) is 6.58. The lowest BCUT2D eigenvalue weighted by Gasteiger charge is -2.29. The summed E-state index contributed by atoms with van der Waals surface area (Å²) in [6.07, 6.45) is 3.78. The van der Waals surface area contributed by atoms with Crippen LogP contribution in [0.2, 0.25) is 0 Å². The van der Waals surface area contributed by atoms with Gasteiger partial charge >= 0.3 is 0 Å². The van der Waals surface area contributed by atoms with Gasteiger partial charge in [0.2, 0.25) is 5.91 Å². The van der Waals surface area contributed by atoms with Gasteiger partial charge in [-0.1, -0.05) is 6.42 Å². The molecule has 0 aliphatic heterocycles. The Morgan fingerprint density at radius 3 is 2.89 bits per heavy atom. The zero-order chi connectivity index (χ0) is 13.8. The molecule has 1 aliphatic rings. The fourth-order valence-electron chi connectivity index (χ4n) is 2.25. The average molecular weight is 265 g/mol. The van der Waals surface area contributed by atoms with Gasteiger partial charge in [-0.2, -0.15) is 0 Å².